The number of likely N-dealkylation sites (N-methyl/N-ethyl adjacent to an activating group) is 1. The van der Waals surface area contributed by atoms with E-state index in [0.717, 1.165) is 32.9 Å². The summed E-state index contributed by atoms with van der Waals surface area (Å²) in [6, 6.07) is 0.959. The lowest BCUT2D eigenvalue weighted by molar-refractivity contribution is -0.0369. The molecule has 1 rings (SSSR count). The van der Waals surface area contributed by atoms with E-state index in [-0.39, 0.29) is 0 Å². The van der Waals surface area contributed by atoms with Gasteiger partial charge in [0, 0.05) is 32.3 Å². The standard InChI is InChI=1S/C10H22N2O2/c1-9-7-14-5-4-12(9)10(6-11-2)8-13-3/h9-11H,4-8H2,1-3H3. The molecule has 1 N–H and O–H groups in total. The third-order valence-electron chi connectivity index (χ3n) is 2.69. The summed E-state index contributed by atoms with van der Waals surface area (Å²) in [4.78, 5) is 2.46. The second kappa shape index (κ2) is 6.35. The minimum absolute atomic E-state index is 0.462. The molecule has 1 aliphatic rings. The Bertz CT molecular complexity index is 149. The van der Waals surface area contributed by atoms with Gasteiger partial charge in [-0.1, -0.05) is 0 Å². The van der Waals surface area contributed by atoms with Crippen molar-refractivity contribution in [3.05, 3.63) is 0 Å². The molecule has 1 heterocycles. The van der Waals surface area contributed by atoms with Crippen molar-refractivity contribution in [1.29, 1.82) is 0 Å². The molecule has 2 unspecified atom stereocenters. The summed E-state index contributed by atoms with van der Waals surface area (Å²) in [5.74, 6) is 0. The van der Waals surface area contributed by atoms with Gasteiger partial charge in [0.05, 0.1) is 19.8 Å². The van der Waals surface area contributed by atoms with Crippen LogP contribution < -0.4 is 5.32 Å². The van der Waals surface area contributed by atoms with E-state index in [4.69, 9.17) is 9.47 Å². The molecule has 0 aromatic heterocycles. The maximum Gasteiger partial charge on any atom is 0.0630 e. The molecule has 0 aromatic carbocycles. The van der Waals surface area contributed by atoms with Crippen LogP contribution in [0.25, 0.3) is 0 Å². The number of nitrogens with one attached hydrogen (secondary N) is 1. The second-order valence-corrected chi connectivity index (χ2v) is 3.83. The summed E-state index contributed by atoms with van der Waals surface area (Å²) in [7, 11) is 3.74. The summed E-state index contributed by atoms with van der Waals surface area (Å²) < 4.78 is 10.7. The number of rotatable bonds is 5. The predicted octanol–water partition coefficient (Wildman–Crippen LogP) is -0.0585. The number of nitrogens with zero attached hydrogens (tertiary/aromatic N) is 1. The molecule has 0 aromatic rings. The number of ether oxygens (including phenoxy) is 2. The topological polar surface area (TPSA) is 33.7 Å². The fourth-order valence-electron chi connectivity index (χ4n) is 1.98. The number of methoxy groups -OCH3 is 1. The van der Waals surface area contributed by atoms with E-state index in [1.165, 1.54) is 0 Å². The van der Waals surface area contributed by atoms with Crippen molar-refractivity contribution in [1.82, 2.24) is 10.2 Å². The van der Waals surface area contributed by atoms with E-state index in [0.29, 0.717) is 12.1 Å². The zero-order chi connectivity index (χ0) is 10.4. The Morgan fingerprint density at radius 3 is 3.00 bits per heavy atom. The monoisotopic (exact) mass is 202 g/mol. The van der Waals surface area contributed by atoms with Crippen LogP contribution in [0.4, 0.5) is 0 Å². The van der Waals surface area contributed by atoms with Gasteiger partial charge >= 0.3 is 0 Å². The minimum Gasteiger partial charge on any atom is -0.383 e. The maximum atomic E-state index is 5.42. The Morgan fingerprint density at radius 2 is 2.43 bits per heavy atom. The van der Waals surface area contributed by atoms with Gasteiger partial charge in [-0.25, -0.2) is 0 Å². The highest BCUT2D eigenvalue weighted by molar-refractivity contribution is 4.80. The molecule has 1 fully saturated rings. The molecule has 84 valence electrons. The summed E-state index contributed by atoms with van der Waals surface area (Å²) in [5, 5.41) is 3.21. The van der Waals surface area contributed by atoms with Crippen LogP contribution in [0.5, 0.6) is 0 Å². The fraction of sp³-hybridized carbons (Fsp3) is 1.00. The highest BCUT2D eigenvalue weighted by Crippen LogP contribution is 2.10. The van der Waals surface area contributed by atoms with Crippen LogP contribution in [0.15, 0.2) is 0 Å². The molecule has 2 atom stereocenters. The first-order chi connectivity index (χ1) is 6.79. The first kappa shape index (κ1) is 11.9. The number of hydrogen-bond acceptors (Lipinski definition) is 4. The Morgan fingerprint density at radius 1 is 1.64 bits per heavy atom. The smallest absolute Gasteiger partial charge is 0.0630 e. The average molecular weight is 202 g/mol. The van der Waals surface area contributed by atoms with Crippen LogP contribution in [0, 0.1) is 0 Å². The number of morpholine rings is 1. The van der Waals surface area contributed by atoms with Crippen molar-refractivity contribution in [2.75, 3.05) is 47.1 Å². The zero-order valence-corrected chi connectivity index (χ0v) is 9.45. The Hall–Kier alpha value is -0.160. The van der Waals surface area contributed by atoms with Crippen molar-refractivity contribution < 1.29 is 9.47 Å². The summed E-state index contributed by atoms with van der Waals surface area (Å²) in [6.07, 6.45) is 0. The zero-order valence-electron chi connectivity index (χ0n) is 9.45. The molecule has 0 amide bonds. The van der Waals surface area contributed by atoms with E-state index in [9.17, 15) is 0 Å². The van der Waals surface area contributed by atoms with Crippen molar-refractivity contribution >= 4 is 0 Å². The third-order valence-corrected chi connectivity index (χ3v) is 2.69. The average Bonchev–Trinajstić information content (AvgIpc) is 2.18. The Labute approximate surface area is 86.6 Å². The molecule has 0 bridgehead atoms. The molecule has 4 heteroatoms. The van der Waals surface area contributed by atoms with Gasteiger partial charge in [0.1, 0.15) is 0 Å². The lowest BCUT2D eigenvalue weighted by Crippen LogP contribution is -2.53. The third kappa shape index (κ3) is 3.20. The van der Waals surface area contributed by atoms with Crippen LogP contribution in [-0.4, -0.2) is 64.1 Å². The van der Waals surface area contributed by atoms with E-state index in [1.54, 1.807) is 7.11 Å². The summed E-state index contributed by atoms with van der Waals surface area (Å²) >= 11 is 0. The molecule has 0 spiro atoms. The molecular formula is C10H22N2O2. The van der Waals surface area contributed by atoms with Crippen molar-refractivity contribution in [2.24, 2.45) is 0 Å². The van der Waals surface area contributed by atoms with Crippen LogP contribution in [0.3, 0.4) is 0 Å². The summed E-state index contributed by atoms with van der Waals surface area (Å²) in [5.41, 5.74) is 0. The van der Waals surface area contributed by atoms with Crippen molar-refractivity contribution in [2.45, 2.75) is 19.0 Å². The molecule has 4 nitrogen and oxygen atoms in total. The first-order valence-corrected chi connectivity index (χ1v) is 5.26. The lowest BCUT2D eigenvalue weighted by Gasteiger charge is -2.39. The lowest BCUT2D eigenvalue weighted by atomic mass is 10.1. The summed E-state index contributed by atoms with van der Waals surface area (Å²) in [6.45, 7) is 6.65. The largest absolute Gasteiger partial charge is 0.383 e. The predicted molar refractivity (Wildman–Crippen MR) is 56.6 cm³/mol. The van der Waals surface area contributed by atoms with E-state index < -0.39 is 0 Å². The molecule has 1 aliphatic heterocycles. The molecule has 0 radical (unpaired) electrons. The Kier molecular flexibility index (Phi) is 5.40. The van der Waals surface area contributed by atoms with Gasteiger partial charge < -0.3 is 14.8 Å². The molecule has 1 saturated heterocycles. The van der Waals surface area contributed by atoms with Crippen LogP contribution in [0.2, 0.25) is 0 Å². The van der Waals surface area contributed by atoms with Crippen LogP contribution >= 0.6 is 0 Å². The molecular weight excluding hydrogens is 180 g/mol. The van der Waals surface area contributed by atoms with E-state index in [1.807, 2.05) is 7.05 Å². The quantitative estimate of drug-likeness (QED) is 0.677. The van der Waals surface area contributed by atoms with E-state index >= 15 is 0 Å². The minimum atomic E-state index is 0.462. The van der Waals surface area contributed by atoms with Gasteiger partial charge in [0.25, 0.3) is 0 Å². The van der Waals surface area contributed by atoms with Gasteiger partial charge in [-0.3, -0.25) is 4.90 Å². The molecule has 14 heavy (non-hydrogen) atoms. The van der Waals surface area contributed by atoms with Crippen LogP contribution in [0.1, 0.15) is 6.92 Å². The van der Waals surface area contributed by atoms with Crippen LogP contribution in [-0.2, 0) is 9.47 Å². The highest BCUT2D eigenvalue weighted by atomic mass is 16.5. The normalized spacial score (nSPS) is 26.4. The van der Waals surface area contributed by atoms with Crippen molar-refractivity contribution in [3.8, 4) is 0 Å². The van der Waals surface area contributed by atoms with E-state index in [2.05, 4.69) is 17.1 Å². The van der Waals surface area contributed by atoms with Gasteiger partial charge in [0.15, 0.2) is 0 Å². The first-order valence-electron chi connectivity index (χ1n) is 5.26. The SMILES string of the molecule is CNCC(COC)N1CCOCC1C. The number of hydrogen-bond donors (Lipinski definition) is 1. The maximum absolute atomic E-state index is 5.42. The molecule has 0 aliphatic carbocycles. The Balaban J connectivity index is 2.46. The second-order valence-electron chi connectivity index (χ2n) is 3.83. The molecule has 0 saturated carbocycles. The van der Waals surface area contributed by atoms with Crippen molar-refractivity contribution in [3.63, 3.8) is 0 Å². The van der Waals surface area contributed by atoms with Gasteiger partial charge in [0.2, 0.25) is 0 Å². The van der Waals surface area contributed by atoms with Gasteiger partial charge in [-0.15, -0.1) is 0 Å². The van der Waals surface area contributed by atoms with Gasteiger partial charge in [-0.05, 0) is 14.0 Å². The fourth-order valence-corrected chi connectivity index (χ4v) is 1.98. The van der Waals surface area contributed by atoms with Gasteiger partial charge in [-0.2, -0.15) is 0 Å². The highest BCUT2D eigenvalue weighted by Gasteiger charge is 2.25.